The zero-order valence-electron chi connectivity index (χ0n) is 10.9. The maximum Gasteiger partial charge on any atom is 0.313 e. The molecule has 0 bridgehead atoms. The van der Waals surface area contributed by atoms with Gasteiger partial charge in [0.2, 0.25) is 5.13 Å². The van der Waals surface area contributed by atoms with E-state index in [1.165, 1.54) is 28.7 Å². The molecular formula is C12H14N4O2S2. The predicted octanol–water partition coefficient (Wildman–Crippen LogP) is 2.28. The molecule has 0 amide bonds. The first kappa shape index (κ1) is 14.7. The smallest absolute Gasteiger partial charge is 0.313 e. The van der Waals surface area contributed by atoms with E-state index in [-0.39, 0.29) is 5.75 Å². The van der Waals surface area contributed by atoms with Crippen LogP contribution in [0, 0.1) is 0 Å². The highest BCUT2D eigenvalue weighted by atomic mass is 32.2. The third-order valence-electron chi connectivity index (χ3n) is 2.50. The average Bonchev–Trinajstić information content (AvgIpc) is 2.91. The minimum absolute atomic E-state index is 0.00510. The molecule has 2 aromatic heterocycles. The molecule has 0 aliphatic carbocycles. The van der Waals surface area contributed by atoms with Crippen molar-refractivity contribution in [3.8, 4) is 0 Å². The van der Waals surface area contributed by atoms with E-state index in [1.807, 2.05) is 6.07 Å². The lowest BCUT2D eigenvalue weighted by Gasteiger charge is -2.06. The number of carboxylic acid groups (broad SMARTS) is 1. The Morgan fingerprint density at radius 2 is 2.35 bits per heavy atom. The number of hydrogen-bond acceptors (Lipinski definition) is 7. The second-order valence-electron chi connectivity index (χ2n) is 3.87. The Hall–Kier alpha value is -1.67. The van der Waals surface area contributed by atoms with Crippen LogP contribution in [0.4, 0.5) is 5.13 Å². The Balaban J connectivity index is 1.92. The summed E-state index contributed by atoms with van der Waals surface area (Å²) in [4.78, 5) is 14.8. The zero-order chi connectivity index (χ0) is 14.4. The molecule has 20 heavy (non-hydrogen) atoms. The van der Waals surface area contributed by atoms with Gasteiger partial charge in [0.15, 0.2) is 4.34 Å². The van der Waals surface area contributed by atoms with Crippen molar-refractivity contribution in [2.24, 2.45) is 0 Å². The highest BCUT2D eigenvalue weighted by Gasteiger charge is 2.08. The number of nitrogens with zero attached hydrogens (tertiary/aromatic N) is 3. The van der Waals surface area contributed by atoms with Crippen molar-refractivity contribution < 1.29 is 9.90 Å². The summed E-state index contributed by atoms with van der Waals surface area (Å²) in [6.45, 7) is 2.67. The summed E-state index contributed by atoms with van der Waals surface area (Å²) in [5.74, 6) is -0.865. The summed E-state index contributed by atoms with van der Waals surface area (Å²) in [7, 11) is 0. The minimum Gasteiger partial charge on any atom is -0.481 e. The predicted molar refractivity (Wildman–Crippen MR) is 79.2 cm³/mol. The normalized spacial score (nSPS) is 10.4. The monoisotopic (exact) mass is 310 g/mol. The molecule has 2 aromatic rings. The summed E-state index contributed by atoms with van der Waals surface area (Å²) in [5, 5.41) is 20.3. The minimum atomic E-state index is -0.860. The molecule has 0 saturated heterocycles. The highest BCUT2D eigenvalue weighted by Crippen LogP contribution is 2.25. The first-order valence-electron chi connectivity index (χ1n) is 6.03. The Labute approximate surface area is 124 Å². The van der Waals surface area contributed by atoms with E-state index < -0.39 is 5.97 Å². The molecule has 106 valence electrons. The van der Waals surface area contributed by atoms with Crippen LogP contribution in [-0.4, -0.2) is 32.0 Å². The molecule has 0 aromatic carbocycles. The quantitative estimate of drug-likeness (QED) is 0.758. The summed E-state index contributed by atoms with van der Waals surface area (Å²) in [6, 6.07) is 3.98. The van der Waals surface area contributed by atoms with Gasteiger partial charge in [-0.05, 0) is 18.1 Å². The zero-order valence-corrected chi connectivity index (χ0v) is 12.5. The van der Waals surface area contributed by atoms with E-state index in [0.29, 0.717) is 16.0 Å². The SMILES string of the molecule is CCc1cccnc1CNc1nnc(SCC(=O)O)s1. The summed E-state index contributed by atoms with van der Waals surface area (Å²) in [6.07, 6.45) is 2.70. The number of carbonyl (C=O) groups is 1. The van der Waals surface area contributed by atoms with Crippen molar-refractivity contribution in [1.82, 2.24) is 15.2 Å². The largest absolute Gasteiger partial charge is 0.481 e. The van der Waals surface area contributed by atoms with E-state index in [1.54, 1.807) is 6.20 Å². The molecule has 0 saturated carbocycles. The fraction of sp³-hybridized carbons (Fsp3) is 0.333. The van der Waals surface area contributed by atoms with Gasteiger partial charge >= 0.3 is 5.97 Å². The number of rotatable bonds is 7. The van der Waals surface area contributed by atoms with Gasteiger partial charge in [-0.2, -0.15) is 0 Å². The molecule has 2 N–H and O–H groups in total. The van der Waals surface area contributed by atoms with Crippen molar-refractivity contribution in [2.75, 3.05) is 11.1 Å². The van der Waals surface area contributed by atoms with Crippen molar-refractivity contribution in [3.63, 3.8) is 0 Å². The van der Waals surface area contributed by atoms with Crippen molar-refractivity contribution >= 4 is 34.2 Å². The lowest BCUT2D eigenvalue weighted by molar-refractivity contribution is -0.133. The number of aryl methyl sites for hydroxylation is 1. The van der Waals surface area contributed by atoms with E-state index in [9.17, 15) is 4.79 Å². The summed E-state index contributed by atoms with van der Waals surface area (Å²) >= 11 is 2.51. The van der Waals surface area contributed by atoms with Crippen LogP contribution in [-0.2, 0) is 17.8 Å². The van der Waals surface area contributed by atoms with Gasteiger partial charge in [-0.15, -0.1) is 10.2 Å². The standard InChI is InChI=1S/C12H14N4O2S2/c1-2-8-4-3-5-13-9(8)6-14-11-15-16-12(20-11)19-7-10(17)18/h3-5H,2,6-7H2,1H3,(H,14,15)(H,17,18). The van der Waals surface area contributed by atoms with Crippen LogP contribution in [0.15, 0.2) is 22.7 Å². The molecule has 0 unspecified atom stereocenters. The number of anilines is 1. The number of thioether (sulfide) groups is 1. The van der Waals surface area contributed by atoms with Crippen molar-refractivity contribution in [2.45, 2.75) is 24.2 Å². The Morgan fingerprint density at radius 1 is 1.50 bits per heavy atom. The number of carboxylic acids is 1. The summed E-state index contributed by atoms with van der Waals surface area (Å²) < 4.78 is 0.645. The van der Waals surface area contributed by atoms with Gasteiger partial charge in [-0.25, -0.2) is 0 Å². The molecule has 0 aliphatic rings. The number of hydrogen-bond donors (Lipinski definition) is 2. The lowest BCUT2D eigenvalue weighted by atomic mass is 10.1. The van der Waals surface area contributed by atoms with Gasteiger partial charge in [0.25, 0.3) is 0 Å². The number of aliphatic carboxylic acids is 1. The van der Waals surface area contributed by atoms with E-state index in [2.05, 4.69) is 33.5 Å². The Morgan fingerprint density at radius 3 is 3.10 bits per heavy atom. The maximum atomic E-state index is 10.5. The first-order chi connectivity index (χ1) is 9.69. The summed E-state index contributed by atoms with van der Waals surface area (Å²) in [5.41, 5.74) is 2.19. The van der Waals surface area contributed by atoms with Crippen molar-refractivity contribution in [3.05, 3.63) is 29.6 Å². The third kappa shape index (κ3) is 4.17. The second-order valence-corrected chi connectivity index (χ2v) is 6.07. The van der Waals surface area contributed by atoms with Gasteiger partial charge in [-0.3, -0.25) is 9.78 Å². The van der Waals surface area contributed by atoms with Gasteiger partial charge < -0.3 is 10.4 Å². The molecule has 6 nitrogen and oxygen atoms in total. The first-order valence-corrected chi connectivity index (χ1v) is 7.84. The van der Waals surface area contributed by atoms with Crippen LogP contribution in [0.3, 0.4) is 0 Å². The third-order valence-corrected chi connectivity index (χ3v) is 4.50. The van der Waals surface area contributed by atoms with Crippen LogP contribution in [0.1, 0.15) is 18.2 Å². The van der Waals surface area contributed by atoms with Gasteiger partial charge in [0.05, 0.1) is 18.0 Å². The van der Waals surface area contributed by atoms with Gasteiger partial charge in [0, 0.05) is 6.20 Å². The number of aromatic nitrogens is 3. The van der Waals surface area contributed by atoms with Gasteiger partial charge in [-0.1, -0.05) is 36.1 Å². The van der Waals surface area contributed by atoms with E-state index in [0.717, 1.165) is 12.1 Å². The molecule has 2 heterocycles. The van der Waals surface area contributed by atoms with Crippen LogP contribution < -0.4 is 5.32 Å². The number of nitrogens with one attached hydrogen (secondary N) is 1. The van der Waals surface area contributed by atoms with E-state index >= 15 is 0 Å². The van der Waals surface area contributed by atoms with Crippen LogP contribution in [0.2, 0.25) is 0 Å². The van der Waals surface area contributed by atoms with Crippen LogP contribution in [0.25, 0.3) is 0 Å². The fourth-order valence-electron chi connectivity index (χ4n) is 1.57. The second kappa shape index (κ2) is 7.20. The highest BCUT2D eigenvalue weighted by molar-refractivity contribution is 8.01. The van der Waals surface area contributed by atoms with E-state index in [4.69, 9.17) is 5.11 Å². The average molecular weight is 310 g/mol. The Kier molecular flexibility index (Phi) is 5.31. The molecule has 0 spiro atoms. The molecule has 8 heteroatoms. The van der Waals surface area contributed by atoms with Crippen molar-refractivity contribution in [1.29, 1.82) is 0 Å². The molecule has 0 aliphatic heterocycles. The Bertz CT molecular complexity index is 588. The lowest BCUT2D eigenvalue weighted by Crippen LogP contribution is -2.04. The molecule has 0 radical (unpaired) electrons. The molecule has 0 atom stereocenters. The van der Waals surface area contributed by atoms with Crippen LogP contribution >= 0.6 is 23.1 Å². The fourth-order valence-corrected chi connectivity index (χ4v) is 3.04. The molecule has 0 fully saturated rings. The maximum absolute atomic E-state index is 10.5. The van der Waals surface area contributed by atoms with Gasteiger partial charge in [0.1, 0.15) is 0 Å². The molecule has 2 rings (SSSR count). The van der Waals surface area contributed by atoms with Crippen LogP contribution in [0.5, 0.6) is 0 Å². The molecular weight excluding hydrogens is 296 g/mol. The topological polar surface area (TPSA) is 88.0 Å². The number of pyridine rings is 1.